The molecule has 0 aliphatic carbocycles. The standard InChI is InChI=1S/C71H130O6/c1-4-7-10-13-16-19-21-23-25-27-28-29-30-31-32-33-34-35-36-37-38-39-40-41-42-43-44-45-47-48-50-52-55-58-61-64-70(73)76-67-68(66-75-69(72)63-60-57-54-18-15-12-9-6-3)77-71(74)65-62-59-56-53-51-49-46-26-24-22-20-17-14-11-8-5-2/h20-23,26-28,46,68H,4-19,24-25,29-45,47-67H2,1-3H3/b22-20-,23-21-,28-27-,46-26-. The summed E-state index contributed by atoms with van der Waals surface area (Å²) in [6.07, 6.45) is 83.1. The summed E-state index contributed by atoms with van der Waals surface area (Å²) >= 11 is 0. The van der Waals surface area contributed by atoms with E-state index in [2.05, 4.69) is 69.4 Å². The number of carbonyl (C=O) groups excluding carboxylic acids is 3. The van der Waals surface area contributed by atoms with E-state index in [1.807, 2.05) is 0 Å². The smallest absolute Gasteiger partial charge is 0.306 e. The molecule has 0 spiro atoms. The van der Waals surface area contributed by atoms with Crippen molar-refractivity contribution in [1.29, 1.82) is 0 Å². The fraction of sp³-hybridized carbons (Fsp3) is 0.845. The van der Waals surface area contributed by atoms with Crippen LogP contribution in [0.1, 0.15) is 367 Å². The topological polar surface area (TPSA) is 78.9 Å². The fourth-order valence-corrected chi connectivity index (χ4v) is 10.2. The third kappa shape index (κ3) is 64.1. The van der Waals surface area contributed by atoms with Gasteiger partial charge in [0.1, 0.15) is 13.2 Å². The van der Waals surface area contributed by atoms with E-state index in [1.54, 1.807) is 0 Å². The Kier molecular flexibility index (Phi) is 63.6. The van der Waals surface area contributed by atoms with E-state index >= 15 is 0 Å². The van der Waals surface area contributed by atoms with Crippen LogP contribution in [0.15, 0.2) is 48.6 Å². The highest BCUT2D eigenvalue weighted by atomic mass is 16.6. The van der Waals surface area contributed by atoms with Gasteiger partial charge in [-0.05, 0) is 83.5 Å². The molecule has 0 radical (unpaired) electrons. The SMILES string of the molecule is CCCCCC/C=C\C/C=C\CCCCCCCC(=O)OC(COC(=O)CCCCCCCCCC)COC(=O)CCCCCCCCCCCCCCCCCCCCCCCCC/C=C\C/C=C\CCCCCCC. The van der Waals surface area contributed by atoms with Crippen LogP contribution in [0.2, 0.25) is 0 Å². The van der Waals surface area contributed by atoms with Gasteiger partial charge in [-0.2, -0.15) is 0 Å². The van der Waals surface area contributed by atoms with Gasteiger partial charge in [0, 0.05) is 19.3 Å². The lowest BCUT2D eigenvalue weighted by atomic mass is 10.0. The third-order valence-electron chi connectivity index (χ3n) is 15.3. The molecule has 0 aromatic heterocycles. The monoisotopic (exact) mass is 1080 g/mol. The van der Waals surface area contributed by atoms with Gasteiger partial charge in [-0.1, -0.05) is 313 Å². The number of carbonyl (C=O) groups is 3. The summed E-state index contributed by atoms with van der Waals surface area (Å²) in [6.45, 7) is 6.62. The first-order chi connectivity index (χ1) is 38.0. The second-order valence-electron chi connectivity index (χ2n) is 23.1. The molecule has 0 saturated carbocycles. The quantitative estimate of drug-likeness (QED) is 0.0261. The maximum absolute atomic E-state index is 12.8. The zero-order valence-electron chi connectivity index (χ0n) is 51.7. The van der Waals surface area contributed by atoms with Crippen molar-refractivity contribution < 1.29 is 28.6 Å². The summed E-state index contributed by atoms with van der Waals surface area (Å²) in [4.78, 5) is 38.1. The molecule has 0 heterocycles. The minimum atomic E-state index is -0.776. The first kappa shape index (κ1) is 74.4. The Balaban J connectivity index is 3.97. The Hall–Kier alpha value is -2.63. The van der Waals surface area contributed by atoms with Crippen LogP contribution in [0.3, 0.4) is 0 Å². The fourth-order valence-electron chi connectivity index (χ4n) is 10.2. The summed E-state index contributed by atoms with van der Waals surface area (Å²) in [5.74, 6) is -0.873. The molecule has 0 rings (SSSR count). The predicted molar refractivity (Wildman–Crippen MR) is 335 cm³/mol. The molecule has 0 saturated heterocycles. The van der Waals surface area contributed by atoms with Crippen molar-refractivity contribution in [2.24, 2.45) is 0 Å². The molecule has 0 aliphatic rings. The lowest BCUT2D eigenvalue weighted by molar-refractivity contribution is -0.167. The highest BCUT2D eigenvalue weighted by Crippen LogP contribution is 2.18. The average Bonchev–Trinajstić information content (AvgIpc) is 3.43. The van der Waals surface area contributed by atoms with Gasteiger partial charge >= 0.3 is 17.9 Å². The van der Waals surface area contributed by atoms with E-state index in [4.69, 9.17) is 14.2 Å². The lowest BCUT2D eigenvalue weighted by Gasteiger charge is -2.18. The summed E-state index contributed by atoms with van der Waals surface area (Å²) in [6, 6.07) is 0. The van der Waals surface area contributed by atoms with Crippen LogP contribution < -0.4 is 0 Å². The number of ether oxygens (including phenoxy) is 3. The largest absolute Gasteiger partial charge is 0.462 e. The van der Waals surface area contributed by atoms with Crippen LogP contribution in [0.4, 0.5) is 0 Å². The molecule has 6 nitrogen and oxygen atoms in total. The van der Waals surface area contributed by atoms with E-state index in [9.17, 15) is 14.4 Å². The van der Waals surface area contributed by atoms with Crippen LogP contribution in [0, 0.1) is 0 Å². The Morgan fingerprint density at radius 2 is 0.468 bits per heavy atom. The minimum Gasteiger partial charge on any atom is -0.462 e. The second kappa shape index (κ2) is 65.9. The molecule has 0 bridgehead atoms. The summed E-state index contributed by atoms with van der Waals surface area (Å²) in [5.41, 5.74) is 0. The molecule has 0 aromatic rings. The molecule has 1 unspecified atom stereocenters. The van der Waals surface area contributed by atoms with E-state index in [0.717, 1.165) is 89.9 Å². The lowest BCUT2D eigenvalue weighted by Crippen LogP contribution is -2.30. The number of allylic oxidation sites excluding steroid dienone is 8. The molecule has 0 amide bonds. The van der Waals surface area contributed by atoms with Gasteiger partial charge in [0.2, 0.25) is 0 Å². The normalized spacial score (nSPS) is 12.3. The molecule has 1 atom stereocenters. The summed E-state index contributed by atoms with van der Waals surface area (Å²) in [7, 11) is 0. The van der Waals surface area contributed by atoms with Crippen LogP contribution in [-0.2, 0) is 28.6 Å². The number of hydrogen-bond acceptors (Lipinski definition) is 6. The predicted octanol–water partition coefficient (Wildman–Crippen LogP) is 23.3. The van der Waals surface area contributed by atoms with Gasteiger partial charge in [0.05, 0.1) is 0 Å². The van der Waals surface area contributed by atoms with E-state index in [1.165, 1.54) is 238 Å². The van der Waals surface area contributed by atoms with Crippen LogP contribution in [0.25, 0.3) is 0 Å². The van der Waals surface area contributed by atoms with Gasteiger partial charge in [0.15, 0.2) is 6.10 Å². The van der Waals surface area contributed by atoms with E-state index in [-0.39, 0.29) is 31.1 Å². The van der Waals surface area contributed by atoms with Crippen molar-refractivity contribution in [2.45, 2.75) is 374 Å². The molecule has 6 heteroatoms. The maximum Gasteiger partial charge on any atom is 0.306 e. The number of esters is 3. The van der Waals surface area contributed by atoms with Crippen molar-refractivity contribution in [3.63, 3.8) is 0 Å². The second-order valence-corrected chi connectivity index (χ2v) is 23.1. The van der Waals surface area contributed by atoms with Gasteiger partial charge in [0.25, 0.3) is 0 Å². The number of rotatable bonds is 63. The van der Waals surface area contributed by atoms with Crippen molar-refractivity contribution in [1.82, 2.24) is 0 Å². The van der Waals surface area contributed by atoms with Crippen molar-refractivity contribution in [2.75, 3.05) is 13.2 Å². The Labute approximate surface area is 479 Å². The molecular weight excluding hydrogens is 949 g/mol. The van der Waals surface area contributed by atoms with Crippen LogP contribution in [-0.4, -0.2) is 37.2 Å². The number of hydrogen-bond donors (Lipinski definition) is 0. The Morgan fingerprint density at radius 1 is 0.260 bits per heavy atom. The van der Waals surface area contributed by atoms with Crippen molar-refractivity contribution in [3.05, 3.63) is 48.6 Å². The Morgan fingerprint density at radius 3 is 0.727 bits per heavy atom. The molecule has 0 aromatic carbocycles. The highest BCUT2D eigenvalue weighted by Gasteiger charge is 2.19. The van der Waals surface area contributed by atoms with Crippen molar-refractivity contribution in [3.8, 4) is 0 Å². The number of unbranched alkanes of at least 4 members (excludes halogenated alkanes) is 44. The molecule has 0 N–H and O–H groups in total. The molecule has 0 fully saturated rings. The van der Waals surface area contributed by atoms with Crippen LogP contribution in [0.5, 0.6) is 0 Å². The maximum atomic E-state index is 12.8. The minimum absolute atomic E-state index is 0.0740. The van der Waals surface area contributed by atoms with Gasteiger partial charge in [-0.25, -0.2) is 0 Å². The molecule has 450 valence electrons. The van der Waals surface area contributed by atoms with E-state index in [0.29, 0.717) is 19.3 Å². The molecule has 0 aliphatic heterocycles. The molecular formula is C71H130O6. The van der Waals surface area contributed by atoms with Crippen molar-refractivity contribution >= 4 is 17.9 Å². The zero-order chi connectivity index (χ0) is 55.7. The summed E-state index contributed by atoms with van der Waals surface area (Å²) < 4.78 is 16.9. The molecule has 77 heavy (non-hydrogen) atoms. The first-order valence-corrected chi connectivity index (χ1v) is 34.1. The van der Waals surface area contributed by atoms with Crippen LogP contribution >= 0.6 is 0 Å². The Bertz CT molecular complexity index is 1330. The van der Waals surface area contributed by atoms with Gasteiger partial charge < -0.3 is 14.2 Å². The highest BCUT2D eigenvalue weighted by molar-refractivity contribution is 5.71. The zero-order valence-corrected chi connectivity index (χ0v) is 51.7. The summed E-state index contributed by atoms with van der Waals surface area (Å²) in [5, 5.41) is 0. The van der Waals surface area contributed by atoms with Gasteiger partial charge in [-0.3, -0.25) is 14.4 Å². The average molecular weight is 1080 g/mol. The van der Waals surface area contributed by atoms with Gasteiger partial charge in [-0.15, -0.1) is 0 Å². The third-order valence-corrected chi connectivity index (χ3v) is 15.3. The first-order valence-electron chi connectivity index (χ1n) is 34.1. The van der Waals surface area contributed by atoms with E-state index < -0.39 is 6.10 Å².